The van der Waals surface area contributed by atoms with Crippen LogP contribution < -0.4 is 10.7 Å². The zero-order chi connectivity index (χ0) is 13.1. The molecule has 0 spiro atoms. The molecule has 2 N–H and O–H groups in total. The Labute approximate surface area is 116 Å². The van der Waals surface area contributed by atoms with Crippen LogP contribution in [0.15, 0.2) is 33.0 Å². The summed E-state index contributed by atoms with van der Waals surface area (Å²) in [6.07, 6.45) is 1.44. The summed E-state index contributed by atoms with van der Waals surface area (Å²) >= 11 is 4.90. The molecule has 4 nitrogen and oxygen atoms in total. The minimum Gasteiger partial charge on any atom is -0.364 e. The maximum absolute atomic E-state index is 11.8. The molecule has 0 bridgehead atoms. The average molecular weight is 327 g/mol. The van der Waals surface area contributed by atoms with Gasteiger partial charge in [0.2, 0.25) is 0 Å². The lowest BCUT2D eigenvalue weighted by atomic mass is 10.2. The van der Waals surface area contributed by atoms with Gasteiger partial charge in [-0.2, -0.15) is 0 Å². The number of rotatable bonds is 3. The summed E-state index contributed by atoms with van der Waals surface area (Å²) in [6, 6.07) is 5.26. The van der Waals surface area contributed by atoms with Crippen molar-refractivity contribution in [3.8, 4) is 0 Å². The predicted molar refractivity (Wildman–Crippen MR) is 75.0 cm³/mol. The van der Waals surface area contributed by atoms with Crippen molar-refractivity contribution in [3.63, 3.8) is 0 Å². The van der Waals surface area contributed by atoms with E-state index in [-0.39, 0.29) is 16.9 Å². The number of aromatic nitrogens is 1. The first-order valence-corrected chi connectivity index (χ1v) is 6.89. The molecule has 2 aromatic heterocycles. The minimum atomic E-state index is -0.360. The quantitative estimate of drug-likeness (QED) is 0.910. The summed E-state index contributed by atoms with van der Waals surface area (Å²) in [5.74, 6) is -0.360. The smallest absolute Gasteiger partial charge is 0.257 e. The van der Waals surface area contributed by atoms with E-state index in [4.69, 9.17) is 0 Å². The van der Waals surface area contributed by atoms with Crippen LogP contribution in [0.2, 0.25) is 0 Å². The first-order chi connectivity index (χ1) is 8.56. The molecule has 0 unspecified atom stereocenters. The highest BCUT2D eigenvalue weighted by atomic mass is 79.9. The highest BCUT2D eigenvalue weighted by Crippen LogP contribution is 2.21. The SMILES string of the molecule is Cc1cc(=O)c(C(=O)NCc2ccc(Br)s2)c[nH]1. The molecule has 6 heteroatoms. The number of halogens is 1. The van der Waals surface area contributed by atoms with Crippen molar-refractivity contribution in [1.82, 2.24) is 10.3 Å². The van der Waals surface area contributed by atoms with Crippen LogP contribution in [0.5, 0.6) is 0 Å². The monoisotopic (exact) mass is 326 g/mol. The number of carbonyl (C=O) groups excluding carboxylic acids is 1. The van der Waals surface area contributed by atoms with Gasteiger partial charge in [0.1, 0.15) is 5.56 Å². The maximum Gasteiger partial charge on any atom is 0.257 e. The van der Waals surface area contributed by atoms with Crippen LogP contribution in [0.3, 0.4) is 0 Å². The molecular weight excluding hydrogens is 316 g/mol. The molecule has 1 amide bonds. The summed E-state index contributed by atoms with van der Waals surface area (Å²) < 4.78 is 1.01. The third-order valence-corrected chi connectivity index (χ3v) is 3.98. The molecule has 0 fully saturated rings. The van der Waals surface area contributed by atoms with Crippen LogP contribution in [0.4, 0.5) is 0 Å². The zero-order valence-electron chi connectivity index (χ0n) is 9.62. The van der Waals surface area contributed by atoms with Crippen molar-refractivity contribution in [1.29, 1.82) is 0 Å². The molecular formula is C12H11BrN2O2S. The predicted octanol–water partition coefficient (Wildman–Crippen LogP) is 2.44. The maximum atomic E-state index is 11.8. The molecule has 0 aliphatic rings. The molecule has 0 aromatic carbocycles. The van der Waals surface area contributed by atoms with Gasteiger partial charge in [0.05, 0.1) is 10.3 Å². The third-order valence-electron chi connectivity index (χ3n) is 2.35. The standard InChI is InChI=1S/C12H11BrN2O2S/c1-7-4-10(16)9(6-14-7)12(17)15-5-8-2-3-11(13)18-8/h2-4,6H,5H2,1H3,(H,14,16)(H,15,17). The Morgan fingerprint density at radius 1 is 1.50 bits per heavy atom. The van der Waals surface area contributed by atoms with Gasteiger partial charge in [-0.15, -0.1) is 11.3 Å². The van der Waals surface area contributed by atoms with E-state index in [1.807, 2.05) is 12.1 Å². The minimum absolute atomic E-state index is 0.135. The Hall–Kier alpha value is -1.40. The van der Waals surface area contributed by atoms with E-state index in [1.54, 1.807) is 18.3 Å². The number of aryl methyl sites for hydroxylation is 1. The molecule has 0 atom stereocenters. The van der Waals surface area contributed by atoms with E-state index in [0.717, 1.165) is 14.4 Å². The van der Waals surface area contributed by atoms with Gasteiger partial charge in [0, 0.05) is 22.8 Å². The normalized spacial score (nSPS) is 10.3. The topological polar surface area (TPSA) is 62.0 Å². The number of H-pyrrole nitrogens is 1. The van der Waals surface area contributed by atoms with Gasteiger partial charge in [0.15, 0.2) is 5.43 Å². The molecule has 2 rings (SSSR count). The van der Waals surface area contributed by atoms with E-state index in [1.165, 1.54) is 12.3 Å². The number of aromatic amines is 1. The van der Waals surface area contributed by atoms with Gasteiger partial charge in [-0.25, -0.2) is 0 Å². The first kappa shape index (κ1) is 13.0. The summed E-state index contributed by atoms with van der Waals surface area (Å²) in [5, 5.41) is 2.72. The van der Waals surface area contributed by atoms with Crippen molar-refractivity contribution < 1.29 is 4.79 Å². The van der Waals surface area contributed by atoms with E-state index in [2.05, 4.69) is 26.2 Å². The van der Waals surface area contributed by atoms with E-state index in [9.17, 15) is 9.59 Å². The van der Waals surface area contributed by atoms with Gasteiger partial charge in [-0.1, -0.05) is 0 Å². The number of thiophene rings is 1. The Balaban J connectivity index is 2.06. The Morgan fingerprint density at radius 3 is 2.89 bits per heavy atom. The molecule has 0 saturated heterocycles. The fraction of sp³-hybridized carbons (Fsp3) is 0.167. The third kappa shape index (κ3) is 3.08. The molecule has 18 heavy (non-hydrogen) atoms. The molecule has 0 aliphatic carbocycles. The highest BCUT2D eigenvalue weighted by molar-refractivity contribution is 9.11. The number of hydrogen-bond acceptors (Lipinski definition) is 3. The van der Waals surface area contributed by atoms with Crippen LogP contribution in [0.25, 0.3) is 0 Å². The van der Waals surface area contributed by atoms with Gasteiger partial charge in [0.25, 0.3) is 5.91 Å². The largest absolute Gasteiger partial charge is 0.364 e. The molecule has 2 heterocycles. The lowest BCUT2D eigenvalue weighted by Crippen LogP contribution is -2.28. The molecule has 0 radical (unpaired) electrons. The molecule has 0 aliphatic heterocycles. The Morgan fingerprint density at radius 2 is 2.28 bits per heavy atom. The van der Waals surface area contributed by atoms with Crippen LogP contribution in [-0.2, 0) is 6.54 Å². The summed E-state index contributed by atoms with van der Waals surface area (Å²) in [7, 11) is 0. The first-order valence-electron chi connectivity index (χ1n) is 5.28. The second kappa shape index (κ2) is 5.49. The van der Waals surface area contributed by atoms with E-state index < -0.39 is 0 Å². The second-order valence-corrected chi connectivity index (χ2v) is 6.33. The van der Waals surface area contributed by atoms with Crippen molar-refractivity contribution in [3.05, 3.63) is 54.5 Å². The van der Waals surface area contributed by atoms with Crippen molar-refractivity contribution in [2.24, 2.45) is 0 Å². The van der Waals surface area contributed by atoms with Gasteiger partial charge >= 0.3 is 0 Å². The van der Waals surface area contributed by atoms with E-state index >= 15 is 0 Å². The summed E-state index contributed by atoms with van der Waals surface area (Å²) in [4.78, 5) is 27.3. The van der Waals surface area contributed by atoms with Gasteiger partial charge in [-0.05, 0) is 35.0 Å². The lowest BCUT2D eigenvalue weighted by molar-refractivity contribution is 0.0950. The summed E-state index contributed by atoms with van der Waals surface area (Å²) in [5.41, 5.74) is 0.603. The Bertz CT molecular complexity index is 633. The Kier molecular flexibility index (Phi) is 3.98. The number of pyridine rings is 1. The van der Waals surface area contributed by atoms with E-state index in [0.29, 0.717) is 6.54 Å². The number of hydrogen-bond donors (Lipinski definition) is 2. The van der Waals surface area contributed by atoms with Gasteiger partial charge < -0.3 is 10.3 Å². The fourth-order valence-electron chi connectivity index (χ4n) is 1.46. The second-order valence-electron chi connectivity index (χ2n) is 3.78. The lowest BCUT2D eigenvalue weighted by Gasteiger charge is -2.03. The van der Waals surface area contributed by atoms with Crippen LogP contribution >= 0.6 is 27.3 Å². The number of amides is 1. The summed E-state index contributed by atoms with van der Waals surface area (Å²) in [6.45, 7) is 2.19. The highest BCUT2D eigenvalue weighted by Gasteiger charge is 2.10. The fourth-order valence-corrected chi connectivity index (χ4v) is 2.88. The molecule has 0 saturated carbocycles. The van der Waals surface area contributed by atoms with Crippen LogP contribution in [0, 0.1) is 6.92 Å². The van der Waals surface area contributed by atoms with Crippen molar-refractivity contribution in [2.75, 3.05) is 0 Å². The van der Waals surface area contributed by atoms with Crippen LogP contribution in [-0.4, -0.2) is 10.9 Å². The average Bonchev–Trinajstić information content (AvgIpc) is 2.72. The van der Waals surface area contributed by atoms with Crippen molar-refractivity contribution in [2.45, 2.75) is 13.5 Å². The van der Waals surface area contributed by atoms with Crippen LogP contribution in [0.1, 0.15) is 20.9 Å². The zero-order valence-corrected chi connectivity index (χ0v) is 12.0. The number of nitrogens with one attached hydrogen (secondary N) is 2. The number of carbonyl (C=O) groups is 1. The van der Waals surface area contributed by atoms with Gasteiger partial charge in [-0.3, -0.25) is 9.59 Å². The molecule has 94 valence electrons. The van der Waals surface area contributed by atoms with Crippen molar-refractivity contribution >= 4 is 33.2 Å². The molecule has 2 aromatic rings.